The van der Waals surface area contributed by atoms with Crippen molar-refractivity contribution >= 4 is 28.1 Å². The summed E-state index contributed by atoms with van der Waals surface area (Å²) >= 11 is 1.52. The molecule has 1 unspecified atom stereocenters. The smallest absolute Gasteiger partial charge is 0.263 e. The first kappa shape index (κ1) is 19.0. The van der Waals surface area contributed by atoms with Gasteiger partial charge in [0.15, 0.2) is 5.82 Å². The molecule has 154 valence electrons. The predicted octanol–water partition coefficient (Wildman–Crippen LogP) is 4.96. The Kier molecular flexibility index (Phi) is 4.65. The molecular formula is C20H19F2N7S. The van der Waals surface area contributed by atoms with Gasteiger partial charge in [0.1, 0.15) is 18.5 Å². The van der Waals surface area contributed by atoms with Crippen molar-refractivity contribution in [2.24, 2.45) is 0 Å². The average molecular weight is 427 g/mol. The largest absolute Gasteiger partial charge is 0.360 e. The van der Waals surface area contributed by atoms with Gasteiger partial charge in [0.25, 0.3) is 6.43 Å². The molecule has 1 aliphatic carbocycles. The summed E-state index contributed by atoms with van der Waals surface area (Å²) in [5.74, 6) is 1.45. The second kappa shape index (κ2) is 7.35. The minimum atomic E-state index is -2.55. The van der Waals surface area contributed by atoms with Gasteiger partial charge in [-0.2, -0.15) is 9.78 Å². The highest BCUT2D eigenvalue weighted by Gasteiger charge is 2.28. The zero-order valence-electron chi connectivity index (χ0n) is 16.4. The third kappa shape index (κ3) is 3.41. The summed E-state index contributed by atoms with van der Waals surface area (Å²) in [4.78, 5) is 18.6. The zero-order chi connectivity index (χ0) is 20.8. The highest BCUT2D eigenvalue weighted by molar-refractivity contribution is 7.13. The summed E-state index contributed by atoms with van der Waals surface area (Å²) < 4.78 is 28.7. The maximum absolute atomic E-state index is 13.5. The van der Waals surface area contributed by atoms with Crippen molar-refractivity contribution in [1.29, 1.82) is 0 Å². The van der Waals surface area contributed by atoms with Gasteiger partial charge in [-0.25, -0.2) is 28.7 Å². The second-order valence-electron chi connectivity index (χ2n) is 7.45. The van der Waals surface area contributed by atoms with E-state index >= 15 is 0 Å². The highest BCUT2D eigenvalue weighted by Crippen LogP contribution is 2.44. The van der Waals surface area contributed by atoms with Crippen LogP contribution in [0.1, 0.15) is 60.0 Å². The fourth-order valence-electron chi connectivity index (χ4n) is 3.57. The molecule has 1 aromatic carbocycles. The molecule has 1 N–H and O–H groups in total. The van der Waals surface area contributed by atoms with Gasteiger partial charge in [0.2, 0.25) is 5.13 Å². The van der Waals surface area contributed by atoms with E-state index in [2.05, 4.69) is 30.4 Å². The Bertz CT molecular complexity index is 1220. The summed E-state index contributed by atoms with van der Waals surface area (Å²) in [7, 11) is 0. The molecule has 0 spiro atoms. The van der Waals surface area contributed by atoms with Crippen LogP contribution in [0.15, 0.2) is 31.0 Å². The van der Waals surface area contributed by atoms with Crippen LogP contribution in [0, 0.1) is 6.92 Å². The van der Waals surface area contributed by atoms with E-state index in [1.807, 2.05) is 13.8 Å². The van der Waals surface area contributed by atoms with E-state index in [1.165, 1.54) is 30.1 Å². The minimum Gasteiger partial charge on any atom is -0.360 e. The van der Waals surface area contributed by atoms with Gasteiger partial charge < -0.3 is 5.32 Å². The molecule has 10 heteroatoms. The number of thiazole rings is 1. The molecule has 1 aliphatic rings. The number of hydrogen-bond acceptors (Lipinski definition) is 7. The van der Waals surface area contributed by atoms with Crippen LogP contribution < -0.4 is 5.32 Å². The summed E-state index contributed by atoms with van der Waals surface area (Å²) in [6.07, 6.45) is 4.19. The summed E-state index contributed by atoms with van der Waals surface area (Å²) in [6.45, 7) is 3.90. The molecule has 0 amide bonds. The number of halogens is 2. The van der Waals surface area contributed by atoms with Gasteiger partial charge >= 0.3 is 0 Å². The fraction of sp³-hybridized carbons (Fsp3) is 0.350. The van der Waals surface area contributed by atoms with Crippen molar-refractivity contribution in [2.75, 3.05) is 5.32 Å². The zero-order valence-corrected chi connectivity index (χ0v) is 17.2. The van der Waals surface area contributed by atoms with Gasteiger partial charge in [-0.1, -0.05) is 0 Å². The molecule has 0 bridgehead atoms. The lowest BCUT2D eigenvalue weighted by atomic mass is 10.0. The predicted molar refractivity (Wildman–Crippen MR) is 110 cm³/mol. The first-order valence-corrected chi connectivity index (χ1v) is 10.5. The molecule has 3 heterocycles. The second-order valence-corrected chi connectivity index (χ2v) is 8.67. The van der Waals surface area contributed by atoms with Crippen molar-refractivity contribution in [3.8, 4) is 5.13 Å². The van der Waals surface area contributed by atoms with Gasteiger partial charge in [0.05, 0.1) is 11.6 Å². The van der Waals surface area contributed by atoms with Crippen LogP contribution >= 0.6 is 11.3 Å². The number of anilines is 1. The molecule has 5 rings (SSSR count). The monoisotopic (exact) mass is 427 g/mol. The van der Waals surface area contributed by atoms with Crippen LogP contribution in [0.25, 0.3) is 16.0 Å². The Balaban J connectivity index is 1.54. The summed E-state index contributed by atoms with van der Waals surface area (Å²) in [5, 5.41) is 8.92. The molecule has 0 saturated heterocycles. The lowest BCUT2D eigenvalue weighted by Crippen LogP contribution is -2.15. The number of fused-ring (bicyclic) bond motifs is 1. The molecule has 0 aliphatic heterocycles. The Morgan fingerprint density at radius 1 is 1.13 bits per heavy atom. The molecule has 30 heavy (non-hydrogen) atoms. The summed E-state index contributed by atoms with van der Waals surface area (Å²) in [5.41, 5.74) is 1.60. The van der Waals surface area contributed by atoms with Gasteiger partial charge in [-0.05, 0) is 50.3 Å². The quantitative estimate of drug-likeness (QED) is 0.468. The maximum Gasteiger partial charge on any atom is 0.263 e. The van der Waals surface area contributed by atoms with Crippen molar-refractivity contribution in [1.82, 2.24) is 29.7 Å². The summed E-state index contributed by atoms with van der Waals surface area (Å²) in [6, 6.07) is 2.79. The Morgan fingerprint density at radius 2 is 1.97 bits per heavy atom. The number of aromatic nitrogens is 6. The van der Waals surface area contributed by atoms with E-state index < -0.39 is 6.43 Å². The topological polar surface area (TPSA) is 81.4 Å². The number of hydrogen-bond donors (Lipinski definition) is 1. The SMILES string of the molecule is Cc1cnc(-n2ncnc2C(C)Nc2ncnc3c(C4CC4)cc(C(F)F)cc23)s1. The first-order valence-electron chi connectivity index (χ1n) is 9.67. The van der Waals surface area contributed by atoms with Crippen molar-refractivity contribution in [3.05, 3.63) is 52.8 Å². The number of nitrogens with zero attached hydrogens (tertiary/aromatic N) is 6. The molecule has 1 atom stereocenters. The molecule has 1 fully saturated rings. The lowest BCUT2D eigenvalue weighted by molar-refractivity contribution is 0.151. The third-order valence-corrected chi connectivity index (χ3v) is 6.05. The standard InChI is InChI=1S/C20H19F2N7S/c1-10-7-23-20(30-10)29-19(26-9-27-29)11(2)28-18-15-6-13(17(21)22)5-14(12-3-4-12)16(15)24-8-25-18/h5-9,11-12,17H,3-4H2,1-2H3,(H,24,25,28). The Morgan fingerprint density at radius 3 is 2.67 bits per heavy atom. The Labute approximate surface area is 175 Å². The van der Waals surface area contributed by atoms with Crippen LogP contribution in [-0.4, -0.2) is 29.7 Å². The van der Waals surface area contributed by atoms with Gasteiger partial charge in [-0.15, -0.1) is 11.3 Å². The van der Waals surface area contributed by atoms with E-state index in [-0.39, 0.29) is 11.6 Å². The third-order valence-electron chi connectivity index (χ3n) is 5.16. The minimum absolute atomic E-state index is 0.00340. The number of aryl methyl sites for hydroxylation is 1. The number of alkyl halides is 2. The van der Waals surface area contributed by atoms with E-state index in [4.69, 9.17) is 0 Å². The molecular weight excluding hydrogens is 408 g/mol. The Hall–Kier alpha value is -3.01. The van der Waals surface area contributed by atoms with E-state index in [0.717, 1.165) is 33.9 Å². The number of benzene rings is 1. The first-order chi connectivity index (χ1) is 14.5. The van der Waals surface area contributed by atoms with E-state index in [0.29, 0.717) is 22.9 Å². The van der Waals surface area contributed by atoms with Crippen molar-refractivity contribution in [3.63, 3.8) is 0 Å². The van der Waals surface area contributed by atoms with Crippen LogP contribution in [0.3, 0.4) is 0 Å². The normalized spacial score (nSPS) is 15.1. The van der Waals surface area contributed by atoms with Gasteiger partial charge in [0, 0.05) is 22.0 Å². The van der Waals surface area contributed by atoms with Crippen molar-refractivity contribution < 1.29 is 8.78 Å². The van der Waals surface area contributed by atoms with Crippen LogP contribution in [0.2, 0.25) is 0 Å². The van der Waals surface area contributed by atoms with Crippen LogP contribution in [-0.2, 0) is 0 Å². The fourth-order valence-corrected chi connectivity index (χ4v) is 4.29. The van der Waals surface area contributed by atoms with Crippen LogP contribution in [0.4, 0.5) is 14.6 Å². The average Bonchev–Trinajstić information content (AvgIpc) is 3.29. The van der Waals surface area contributed by atoms with Gasteiger partial charge in [-0.3, -0.25) is 0 Å². The molecule has 0 radical (unpaired) electrons. The van der Waals surface area contributed by atoms with E-state index in [1.54, 1.807) is 16.9 Å². The lowest BCUT2D eigenvalue weighted by Gasteiger charge is -2.17. The van der Waals surface area contributed by atoms with Crippen molar-refractivity contribution in [2.45, 2.75) is 45.1 Å². The van der Waals surface area contributed by atoms with Crippen LogP contribution in [0.5, 0.6) is 0 Å². The maximum atomic E-state index is 13.5. The molecule has 3 aromatic heterocycles. The number of nitrogens with one attached hydrogen (secondary N) is 1. The molecule has 7 nitrogen and oxygen atoms in total. The van der Waals surface area contributed by atoms with E-state index in [9.17, 15) is 8.78 Å². The molecule has 1 saturated carbocycles. The molecule has 4 aromatic rings. The highest BCUT2D eigenvalue weighted by atomic mass is 32.1. The number of rotatable bonds is 6.